The van der Waals surface area contributed by atoms with E-state index in [1.165, 1.54) is 7.11 Å². The molecule has 1 aromatic rings. The van der Waals surface area contributed by atoms with Crippen LogP contribution in [0.2, 0.25) is 0 Å². The lowest BCUT2D eigenvalue weighted by Gasteiger charge is -2.31. The molecule has 1 aliphatic heterocycles. The number of thiocarbonyl (C=S) groups is 1. The summed E-state index contributed by atoms with van der Waals surface area (Å²) in [6, 6.07) is 2.87. The highest BCUT2D eigenvalue weighted by Crippen LogP contribution is 2.34. The highest BCUT2D eigenvalue weighted by Gasteiger charge is 2.32. The van der Waals surface area contributed by atoms with E-state index >= 15 is 0 Å². The molecule has 0 aliphatic carbocycles. The first-order valence-electron chi connectivity index (χ1n) is 7.73. The van der Waals surface area contributed by atoms with Gasteiger partial charge in [0.25, 0.3) is 0 Å². The Balaban J connectivity index is 2.54. The topological polar surface area (TPSA) is 59.6 Å². The zero-order chi connectivity index (χ0) is 18.7. The van der Waals surface area contributed by atoms with Crippen LogP contribution in [-0.2, 0) is 9.53 Å². The Morgan fingerprint density at radius 1 is 1.32 bits per heavy atom. The molecule has 0 unspecified atom stereocenters. The van der Waals surface area contributed by atoms with Crippen LogP contribution in [0.1, 0.15) is 36.1 Å². The summed E-state index contributed by atoms with van der Waals surface area (Å²) in [7, 11) is 1.31. The van der Waals surface area contributed by atoms with E-state index in [4.69, 9.17) is 17.0 Å². The Labute approximate surface area is 150 Å². The minimum atomic E-state index is -2.90. The van der Waals surface area contributed by atoms with Crippen molar-refractivity contribution in [2.75, 3.05) is 7.11 Å². The number of aryl methyl sites for hydroxylation is 2. The summed E-state index contributed by atoms with van der Waals surface area (Å²) < 4.78 is 34.6. The van der Waals surface area contributed by atoms with E-state index < -0.39 is 18.6 Å². The largest absolute Gasteiger partial charge is 0.466 e. The molecule has 1 heterocycles. The maximum atomic E-state index is 12.6. The first kappa shape index (κ1) is 19.1. The lowest BCUT2D eigenvalue weighted by Crippen LogP contribution is -2.45. The van der Waals surface area contributed by atoms with Crippen molar-refractivity contribution in [3.05, 3.63) is 40.1 Å². The molecule has 2 rings (SSSR count). The van der Waals surface area contributed by atoms with Gasteiger partial charge in [0.05, 0.1) is 18.7 Å². The predicted octanol–water partition coefficient (Wildman–Crippen LogP) is 3.26. The molecule has 136 valence electrons. The van der Waals surface area contributed by atoms with Gasteiger partial charge in [-0.1, -0.05) is 6.92 Å². The monoisotopic (exact) mass is 370 g/mol. The molecule has 0 fully saturated rings. The van der Waals surface area contributed by atoms with Crippen molar-refractivity contribution in [2.24, 2.45) is 0 Å². The fraction of sp³-hybridized carbons (Fsp3) is 0.412. The third kappa shape index (κ3) is 4.07. The van der Waals surface area contributed by atoms with Crippen molar-refractivity contribution in [1.82, 2.24) is 10.6 Å². The van der Waals surface area contributed by atoms with Crippen molar-refractivity contribution in [3.8, 4) is 5.75 Å². The number of halogens is 2. The number of esters is 1. The summed E-state index contributed by atoms with van der Waals surface area (Å²) in [6.07, 6.45) is 0.563. The van der Waals surface area contributed by atoms with Crippen LogP contribution in [0.4, 0.5) is 8.78 Å². The Hall–Kier alpha value is -2.22. The molecule has 1 aliphatic rings. The number of benzene rings is 1. The first-order valence-corrected chi connectivity index (χ1v) is 8.14. The van der Waals surface area contributed by atoms with Crippen molar-refractivity contribution in [3.63, 3.8) is 0 Å². The third-order valence-corrected chi connectivity index (χ3v) is 4.16. The second-order valence-corrected chi connectivity index (χ2v) is 6.04. The van der Waals surface area contributed by atoms with E-state index in [-0.39, 0.29) is 5.75 Å². The first-order chi connectivity index (χ1) is 11.8. The summed E-state index contributed by atoms with van der Waals surface area (Å²) in [5.41, 5.74) is 2.89. The molecular formula is C17H20F2N2O3S. The van der Waals surface area contributed by atoms with E-state index in [2.05, 4.69) is 15.4 Å². The number of allylic oxidation sites excluding steroid dienone is 1. The lowest BCUT2D eigenvalue weighted by atomic mass is 9.92. The second-order valence-electron chi connectivity index (χ2n) is 5.63. The molecule has 0 aromatic heterocycles. The normalized spacial score (nSPS) is 17.2. The van der Waals surface area contributed by atoms with Gasteiger partial charge in [0.2, 0.25) is 0 Å². The van der Waals surface area contributed by atoms with E-state index in [0.29, 0.717) is 39.5 Å². The van der Waals surface area contributed by atoms with Gasteiger partial charge < -0.3 is 20.1 Å². The molecule has 25 heavy (non-hydrogen) atoms. The molecular weight excluding hydrogens is 350 g/mol. The van der Waals surface area contributed by atoms with Gasteiger partial charge in [0, 0.05) is 5.70 Å². The van der Waals surface area contributed by atoms with Crippen molar-refractivity contribution >= 4 is 23.3 Å². The maximum absolute atomic E-state index is 12.6. The highest BCUT2D eigenvalue weighted by atomic mass is 32.1. The van der Waals surface area contributed by atoms with Crippen LogP contribution in [-0.4, -0.2) is 24.8 Å². The van der Waals surface area contributed by atoms with Gasteiger partial charge in [-0.3, -0.25) is 0 Å². The summed E-state index contributed by atoms with van der Waals surface area (Å²) in [4.78, 5) is 12.3. The van der Waals surface area contributed by atoms with Crippen LogP contribution in [0.15, 0.2) is 23.4 Å². The van der Waals surface area contributed by atoms with Crippen LogP contribution in [0.25, 0.3) is 0 Å². The zero-order valence-corrected chi connectivity index (χ0v) is 15.2. The van der Waals surface area contributed by atoms with Crippen LogP contribution < -0.4 is 15.4 Å². The smallest absolute Gasteiger partial charge is 0.387 e. The van der Waals surface area contributed by atoms with Crippen LogP contribution in [0.3, 0.4) is 0 Å². The van der Waals surface area contributed by atoms with Crippen LogP contribution >= 0.6 is 12.2 Å². The SMILES string of the molecule is CCC1=C(C(=O)OC)[C@H](c2cc(C)c(OC(F)F)c(C)c2)NC(=S)N1. The van der Waals surface area contributed by atoms with E-state index in [0.717, 1.165) is 0 Å². The van der Waals surface area contributed by atoms with Gasteiger partial charge in [0.1, 0.15) is 5.75 Å². The average molecular weight is 370 g/mol. The van der Waals surface area contributed by atoms with E-state index in [1.54, 1.807) is 26.0 Å². The summed E-state index contributed by atoms with van der Waals surface area (Å²) >= 11 is 5.22. The Bertz CT molecular complexity index is 712. The Morgan fingerprint density at radius 3 is 2.40 bits per heavy atom. The number of methoxy groups -OCH3 is 1. The average Bonchev–Trinajstić information content (AvgIpc) is 2.56. The number of hydrogen-bond acceptors (Lipinski definition) is 4. The molecule has 0 bridgehead atoms. The van der Waals surface area contributed by atoms with Gasteiger partial charge in [-0.25, -0.2) is 4.79 Å². The molecule has 1 aromatic carbocycles. The molecule has 0 amide bonds. The fourth-order valence-corrected chi connectivity index (χ4v) is 3.16. The number of carbonyl (C=O) groups is 1. The standard InChI is InChI=1S/C17H20F2N2O3S/c1-5-11-12(15(22)23-4)13(21-17(25)20-11)10-6-8(2)14(9(3)7-10)24-16(18)19/h6-7,13,16H,5H2,1-4H3,(H2,20,21,25)/t13-/m0/s1. The fourth-order valence-electron chi connectivity index (χ4n) is 2.92. The number of nitrogens with one attached hydrogen (secondary N) is 2. The Kier molecular flexibility index (Phi) is 5.94. The third-order valence-electron chi connectivity index (χ3n) is 3.94. The van der Waals surface area contributed by atoms with Gasteiger partial charge in [-0.05, 0) is 61.3 Å². The van der Waals surface area contributed by atoms with Gasteiger partial charge >= 0.3 is 12.6 Å². The zero-order valence-electron chi connectivity index (χ0n) is 14.4. The number of hydrogen-bond donors (Lipinski definition) is 2. The quantitative estimate of drug-likeness (QED) is 0.613. The molecule has 0 radical (unpaired) electrons. The summed E-state index contributed by atoms with van der Waals surface area (Å²) in [6.45, 7) is 2.35. The van der Waals surface area contributed by atoms with Crippen molar-refractivity contribution < 1.29 is 23.0 Å². The molecule has 0 spiro atoms. The molecule has 8 heteroatoms. The van der Waals surface area contributed by atoms with Gasteiger partial charge in [0.15, 0.2) is 5.11 Å². The number of alkyl halides is 2. The molecule has 0 saturated carbocycles. The van der Waals surface area contributed by atoms with Gasteiger partial charge in [-0.2, -0.15) is 8.78 Å². The molecule has 5 nitrogen and oxygen atoms in total. The predicted molar refractivity (Wildman–Crippen MR) is 93.5 cm³/mol. The summed E-state index contributed by atoms with van der Waals surface area (Å²) in [5.74, 6) is -0.345. The van der Waals surface area contributed by atoms with Crippen LogP contribution in [0, 0.1) is 13.8 Å². The Morgan fingerprint density at radius 2 is 1.92 bits per heavy atom. The second kappa shape index (κ2) is 7.77. The van der Waals surface area contributed by atoms with Crippen molar-refractivity contribution in [1.29, 1.82) is 0 Å². The maximum Gasteiger partial charge on any atom is 0.387 e. The van der Waals surface area contributed by atoms with E-state index in [9.17, 15) is 13.6 Å². The molecule has 2 N–H and O–H groups in total. The minimum absolute atomic E-state index is 0.134. The van der Waals surface area contributed by atoms with Crippen LogP contribution in [0.5, 0.6) is 5.75 Å². The minimum Gasteiger partial charge on any atom is -0.466 e. The lowest BCUT2D eigenvalue weighted by molar-refractivity contribution is -0.136. The van der Waals surface area contributed by atoms with E-state index in [1.807, 2.05) is 6.92 Å². The number of rotatable bonds is 5. The molecule has 1 atom stereocenters. The van der Waals surface area contributed by atoms with Crippen molar-refractivity contribution in [2.45, 2.75) is 39.8 Å². The van der Waals surface area contributed by atoms with Gasteiger partial charge in [-0.15, -0.1) is 0 Å². The highest BCUT2D eigenvalue weighted by molar-refractivity contribution is 7.80. The number of ether oxygens (including phenoxy) is 2. The number of carbonyl (C=O) groups excluding carboxylic acids is 1. The summed E-state index contributed by atoms with van der Waals surface area (Å²) in [5, 5.41) is 6.41. The molecule has 0 saturated heterocycles.